The molecule has 0 spiro atoms. The van der Waals surface area contributed by atoms with Crippen molar-refractivity contribution in [2.75, 3.05) is 6.26 Å². The van der Waals surface area contributed by atoms with Crippen molar-refractivity contribution in [2.45, 2.75) is 23.8 Å². The normalized spacial score (nSPS) is 21.6. The van der Waals surface area contributed by atoms with Crippen molar-refractivity contribution in [3.8, 4) is 0 Å². The SMILES string of the molecule is CS(=O)(=O)c1ccc(C(=O)C2C(=O)CC(O)CC2=O)c([N+](=O)[O-])c1. The number of carbonyl (C=O) groups is 3. The van der Waals surface area contributed by atoms with Crippen LogP contribution in [0.1, 0.15) is 23.2 Å². The number of carbonyl (C=O) groups excluding carboxylic acids is 3. The molecule has 0 radical (unpaired) electrons. The van der Waals surface area contributed by atoms with Gasteiger partial charge in [0.25, 0.3) is 5.69 Å². The lowest BCUT2D eigenvalue weighted by atomic mass is 9.80. The van der Waals surface area contributed by atoms with Crippen molar-refractivity contribution in [3.63, 3.8) is 0 Å². The second-order valence-electron chi connectivity index (χ2n) is 5.50. The molecule has 1 aromatic rings. The zero-order valence-corrected chi connectivity index (χ0v) is 13.3. The number of hydrogen-bond donors (Lipinski definition) is 1. The average molecular weight is 355 g/mol. The lowest BCUT2D eigenvalue weighted by Crippen LogP contribution is -2.40. The van der Waals surface area contributed by atoms with Gasteiger partial charge in [-0.1, -0.05) is 0 Å². The van der Waals surface area contributed by atoms with Crippen molar-refractivity contribution in [1.82, 2.24) is 0 Å². The topological polar surface area (TPSA) is 149 Å². The van der Waals surface area contributed by atoms with E-state index in [2.05, 4.69) is 0 Å². The number of nitrogens with zero attached hydrogens (tertiary/aromatic N) is 1. The van der Waals surface area contributed by atoms with E-state index in [1.54, 1.807) is 0 Å². The monoisotopic (exact) mass is 355 g/mol. The molecule has 1 N–H and O–H groups in total. The molecule has 2 rings (SSSR count). The van der Waals surface area contributed by atoms with E-state index in [4.69, 9.17) is 0 Å². The molecule has 1 fully saturated rings. The van der Waals surface area contributed by atoms with Gasteiger partial charge in [0.05, 0.1) is 21.5 Å². The molecule has 24 heavy (non-hydrogen) atoms. The van der Waals surface area contributed by atoms with Crippen LogP contribution >= 0.6 is 0 Å². The molecule has 1 aliphatic carbocycles. The molecule has 128 valence electrons. The molecule has 1 saturated carbocycles. The van der Waals surface area contributed by atoms with E-state index < -0.39 is 68.2 Å². The number of ketones is 3. The summed E-state index contributed by atoms with van der Waals surface area (Å²) in [7, 11) is -3.74. The van der Waals surface area contributed by atoms with Crippen LogP contribution in [0, 0.1) is 16.0 Å². The van der Waals surface area contributed by atoms with E-state index in [9.17, 15) is 38.0 Å². The maximum absolute atomic E-state index is 12.4. The number of nitro benzene ring substituents is 1. The Bertz CT molecular complexity index is 840. The van der Waals surface area contributed by atoms with Gasteiger partial charge in [-0.2, -0.15) is 0 Å². The van der Waals surface area contributed by atoms with Crippen molar-refractivity contribution in [1.29, 1.82) is 0 Å². The molecule has 0 atom stereocenters. The highest BCUT2D eigenvalue weighted by Gasteiger charge is 2.41. The molecule has 0 aromatic heterocycles. The van der Waals surface area contributed by atoms with Crippen LogP contribution in [0.4, 0.5) is 5.69 Å². The quantitative estimate of drug-likeness (QED) is 0.346. The Balaban J connectivity index is 2.52. The summed E-state index contributed by atoms with van der Waals surface area (Å²) >= 11 is 0. The Morgan fingerprint density at radius 3 is 2.25 bits per heavy atom. The summed E-state index contributed by atoms with van der Waals surface area (Å²) < 4.78 is 23.0. The van der Waals surface area contributed by atoms with Crippen molar-refractivity contribution in [3.05, 3.63) is 33.9 Å². The summed E-state index contributed by atoms with van der Waals surface area (Å²) in [6.45, 7) is 0. The third kappa shape index (κ3) is 3.39. The second kappa shape index (κ2) is 6.21. The molecule has 10 heteroatoms. The van der Waals surface area contributed by atoms with Gasteiger partial charge in [0, 0.05) is 25.2 Å². The third-order valence-corrected chi connectivity index (χ3v) is 4.75. The van der Waals surface area contributed by atoms with Crippen molar-refractivity contribution < 1.29 is 32.8 Å². The predicted molar refractivity (Wildman–Crippen MR) is 79.3 cm³/mol. The molecule has 0 saturated heterocycles. The number of Topliss-reactive ketones (excluding diaryl/α,β-unsaturated/α-hetero) is 3. The van der Waals surface area contributed by atoms with Crippen LogP contribution in [-0.4, -0.2) is 48.2 Å². The van der Waals surface area contributed by atoms with Crippen LogP contribution in [0.25, 0.3) is 0 Å². The number of benzene rings is 1. The zero-order chi connectivity index (χ0) is 18.2. The largest absolute Gasteiger partial charge is 0.392 e. The third-order valence-electron chi connectivity index (χ3n) is 3.64. The number of aliphatic hydroxyl groups is 1. The summed E-state index contributed by atoms with van der Waals surface area (Å²) in [5, 5.41) is 20.5. The van der Waals surface area contributed by atoms with Crippen LogP contribution in [0.2, 0.25) is 0 Å². The Morgan fingerprint density at radius 1 is 1.25 bits per heavy atom. The Kier molecular flexibility index (Phi) is 4.63. The van der Waals surface area contributed by atoms with Crippen LogP contribution in [0.15, 0.2) is 23.1 Å². The van der Waals surface area contributed by atoms with Crippen LogP contribution in [0.3, 0.4) is 0 Å². The minimum absolute atomic E-state index is 0.359. The summed E-state index contributed by atoms with van der Waals surface area (Å²) in [6.07, 6.45) is -1.10. The fourth-order valence-electron chi connectivity index (χ4n) is 2.50. The zero-order valence-electron chi connectivity index (χ0n) is 12.5. The molecule has 1 aliphatic rings. The number of sulfone groups is 1. The van der Waals surface area contributed by atoms with Crippen LogP contribution in [-0.2, 0) is 19.4 Å². The molecule has 1 aromatic carbocycles. The molecule has 0 bridgehead atoms. The van der Waals surface area contributed by atoms with E-state index >= 15 is 0 Å². The highest BCUT2D eigenvalue weighted by molar-refractivity contribution is 7.90. The van der Waals surface area contributed by atoms with Gasteiger partial charge in [-0.05, 0) is 12.1 Å². The first-order valence-corrected chi connectivity index (χ1v) is 8.67. The highest BCUT2D eigenvalue weighted by atomic mass is 32.2. The summed E-state index contributed by atoms with van der Waals surface area (Å²) in [5.74, 6) is -4.41. The summed E-state index contributed by atoms with van der Waals surface area (Å²) in [4.78, 5) is 46.0. The van der Waals surface area contributed by atoms with E-state index in [0.717, 1.165) is 24.5 Å². The summed E-state index contributed by atoms with van der Waals surface area (Å²) in [6, 6.07) is 2.64. The molecule has 0 unspecified atom stereocenters. The van der Waals surface area contributed by atoms with Crippen molar-refractivity contribution >= 4 is 32.9 Å². The first-order valence-electron chi connectivity index (χ1n) is 6.78. The smallest absolute Gasteiger partial charge is 0.281 e. The van der Waals surface area contributed by atoms with Gasteiger partial charge in [0.2, 0.25) is 0 Å². The Morgan fingerprint density at radius 2 is 1.79 bits per heavy atom. The Labute approximate surface area is 136 Å². The summed E-state index contributed by atoms with van der Waals surface area (Å²) in [5.41, 5.74) is -1.31. The second-order valence-corrected chi connectivity index (χ2v) is 7.52. The van der Waals surface area contributed by atoms with E-state index in [-0.39, 0.29) is 4.90 Å². The Hall–Kier alpha value is -2.46. The lowest BCUT2D eigenvalue weighted by molar-refractivity contribution is -0.385. The minimum atomic E-state index is -3.74. The fraction of sp³-hybridized carbons (Fsp3) is 0.357. The van der Waals surface area contributed by atoms with E-state index in [0.29, 0.717) is 0 Å². The number of rotatable bonds is 4. The average Bonchev–Trinajstić information content (AvgIpc) is 2.44. The minimum Gasteiger partial charge on any atom is -0.392 e. The highest BCUT2D eigenvalue weighted by Crippen LogP contribution is 2.28. The molecule has 0 aliphatic heterocycles. The van der Waals surface area contributed by atoms with Gasteiger partial charge in [-0.25, -0.2) is 8.42 Å². The molecule has 9 nitrogen and oxygen atoms in total. The first-order chi connectivity index (χ1) is 11.0. The van der Waals surface area contributed by atoms with Gasteiger partial charge < -0.3 is 5.11 Å². The number of hydrogen-bond acceptors (Lipinski definition) is 8. The lowest BCUT2D eigenvalue weighted by Gasteiger charge is -2.22. The van der Waals surface area contributed by atoms with Gasteiger partial charge in [0.1, 0.15) is 5.92 Å². The van der Waals surface area contributed by atoms with E-state index in [1.165, 1.54) is 0 Å². The molecule has 0 amide bonds. The molecular weight excluding hydrogens is 342 g/mol. The standard InChI is InChI=1S/C14H13NO8S/c1-24(22,23)8-2-3-9(10(6-8)15(20)21)14(19)13-11(17)4-7(16)5-12(13)18/h2-3,6-7,13,16H,4-5H2,1H3. The maximum Gasteiger partial charge on any atom is 0.281 e. The predicted octanol–water partition coefficient (Wildman–Crippen LogP) is 0.0901. The van der Waals surface area contributed by atoms with Crippen molar-refractivity contribution in [2.24, 2.45) is 5.92 Å². The number of nitro groups is 1. The maximum atomic E-state index is 12.4. The van der Waals surface area contributed by atoms with Gasteiger partial charge in [-0.15, -0.1) is 0 Å². The van der Waals surface area contributed by atoms with Gasteiger partial charge >= 0.3 is 0 Å². The number of aliphatic hydroxyl groups excluding tert-OH is 1. The van der Waals surface area contributed by atoms with Gasteiger partial charge in [0.15, 0.2) is 27.2 Å². The fourth-order valence-corrected chi connectivity index (χ4v) is 3.14. The first kappa shape index (κ1) is 17.9. The molecule has 0 heterocycles. The van der Waals surface area contributed by atoms with E-state index in [1.807, 2.05) is 0 Å². The van der Waals surface area contributed by atoms with Crippen LogP contribution in [0.5, 0.6) is 0 Å². The van der Waals surface area contributed by atoms with Gasteiger partial charge in [-0.3, -0.25) is 24.5 Å². The molecular formula is C14H13NO8S. The van der Waals surface area contributed by atoms with Crippen LogP contribution < -0.4 is 0 Å².